The van der Waals surface area contributed by atoms with E-state index in [0.29, 0.717) is 32.1 Å². The van der Waals surface area contributed by atoms with E-state index in [1.807, 2.05) is 30.3 Å². The number of hydrogen-bond donors (Lipinski definition) is 1. The molecule has 0 radical (unpaired) electrons. The molecule has 1 aliphatic rings. The van der Waals surface area contributed by atoms with Crippen LogP contribution >= 0.6 is 34.8 Å². The SMILES string of the molecule is N#CC1=C(N)Oc2cc(OC(=O)/C=C/c3ccc(Cl)cc3)ccc2C1c1ccc(OCc2ccc(Cl)cc2Cl)cc1. The van der Waals surface area contributed by atoms with Crippen LogP contribution in [-0.2, 0) is 11.4 Å². The second kappa shape index (κ2) is 12.4. The summed E-state index contributed by atoms with van der Waals surface area (Å²) in [5, 5.41) is 11.6. The number of allylic oxidation sites excluding steroid dienone is 1. The molecule has 5 rings (SSSR count). The number of benzene rings is 4. The van der Waals surface area contributed by atoms with Crippen LogP contribution in [0.2, 0.25) is 15.1 Å². The monoisotopic (exact) mass is 602 g/mol. The lowest BCUT2D eigenvalue weighted by Gasteiger charge is -2.26. The summed E-state index contributed by atoms with van der Waals surface area (Å²) in [6.45, 7) is 0.266. The van der Waals surface area contributed by atoms with Gasteiger partial charge in [0, 0.05) is 38.3 Å². The van der Waals surface area contributed by atoms with Gasteiger partial charge in [0.25, 0.3) is 0 Å². The van der Waals surface area contributed by atoms with Gasteiger partial charge in [-0.15, -0.1) is 0 Å². The van der Waals surface area contributed by atoms with Crippen LogP contribution in [-0.4, -0.2) is 5.97 Å². The molecule has 6 nitrogen and oxygen atoms in total. The van der Waals surface area contributed by atoms with Crippen LogP contribution in [0.3, 0.4) is 0 Å². The largest absolute Gasteiger partial charge is 0.489 e. The summed E-state index contributed by atoms with van der Waals surface area (Å²) < 4.78 is 17.1. The summed E-state index contributed by atoms with van der Waals surface area (Å²) in [7, 11) is 0. The van der Waals surface area contributed by atoms with Crippen LogP contribution < -0.4 is 19.9 Å². The van der Waals surface area contributed by atoms with Crippen molar-refractivity contribution in [2.75, 3.05) is 0 Å². The molecule has 204 valence electrons. The van der Waals surface area contributed by atoms with Crippen molar-refractivity contribution in [3.63, 3.8) is 0 Å². The molecule has 1 unspecified atom stereocenters. The number of fused-ring (bicyclic) bond motifs is 1. The number of halogens is 3. The molecule has 1 atom stereocenters. The second-order valence-corrected chi connectivity index (χ2v) is 10.3. The standard InChI is InChI=1S/C32H21Cl3N2O4/c33-22-7-1-19(2-8-22)3-14-30(38)40-25-12-13-26-29(16-25)41-32(37)27(17-36)31(26)20-5-10-24(11-6-20)39-18-21-4-9-23(34)15-28(21)35/h1-16,31H,18,37H2/b14-3+. The fourth-order valence-corrected chi connectivity index (χ4v) is 4.88. The number of esters is 1. The Morgan fingerprint density at radius 1 is 0.927 bits per heavy atom. The molecule has 1 heterocycles. The summed E-state index contributed by atoms with van der Waals surface area (Å²) in [5.41, 5.74) is 9.52. The van der Waals surface area contributed by atoms with Crippen molar-refractivity contribution in [1.82, 2.24) is 0 Å². The Hall–Kier alpha value is -4.41. The molecule has 41 heavy (non-hydrogen) atoms. The Balaban J connectivity index is 1.33. The van der Waals surface area contributed by atoms with Crippen LogP contribution in [0.1, 0.15) is 28.2 Å². The summed E-state index contributed by atoms with van der Waals surface area (Å²) in [4.78, 5) is 12.4. The molecular formula is C32H21Cl3N2O4. The highest BCUT2D eigenvalue weighted by Crippen LogP contribution is 2.43. The third kappa shape index (κ3) is 6.67. The molecule has 0 saturated heterocycles. The summed E-state index contributed by atoms with van der Waals surface area (Å²) in [6, 6.07) is 26.7. The van der Waals surface area contributed by atoms with Gasteiger partial charge in [-0.3, -0.25) is 0 Å². The van der Waals surface area contributed by atoms with Gasteiger partial charge in [-0.2, -0.15) is 5.26 Å². The zero-order chi connectivity index (χ0) is 28.9. The molecule has 2 N–H and O–H groups in total. The van der Waals surface area contributed by atoms with Crippen molar-refractivity contribution >= 4 is 46.8 Å². The Labute approximate surface area is 251 Å². The lowest BCUT2D eigenvalue weighted by molar-refractivity contribution is -0.128. The van der Waals surface area contributed by atoms with Gasteiger partial charge in [-0.25, -0.2) is 4.79 Å². The van der Waals surface area contributed by atoms with Crippen LogP contribution in [0.15, 0.2) is 102 Å². The van der Waals surface area contributed by atoms with Crippen molar-refractivity contribution in [1.29, 1.82) is 5.26 Å². The fraction of sp³-hybridized carbons (Fsp3) is 0.0625. The molecule has 4 aromatic rings. The minimum Gasteiger partial charge on any atom is -0.489 e. The summed E-state index contributed by atoms with van der Waals surface area (Å²) in [6.07, 6.45) is 2.94. The Kier molecular flexibility index (Phi) is 8.51. The minimum atomic E-state index is -0.566. The average molecular weight is 604 g/mol. The third-order valence-electron chi connectivity index (χ3n) is 6.31. The zero-order valence-corrected chi connectivity index (χ0v) is 23.6. The van der Waals surface area contributed by atoms with Crippen LogP contribution in [0.4, 0.5) is 0 Å². The van der Waals surface area contributed by atoms with E-state index >= 15 is 0 Å². The number of ether oxygens (including phenoxy) is 3. The van der Waals surface area contributed by atoms with Gasteiger partial charge < -0.3 is 19.9 Å². The number of nitriles is 1. The van der Waals surface area contributed by atoms with Crippen LogP contribution in [0, 0.1) is 11.3 Å². The Bertz CT molecular complexity index is 1710. The van der Waals surface area contributed by atoms with Gasteiger partial charge in [0.2, 0.25) is 5.88 Å². The van der Waals surface area contributed by atoms with Crippen molar-refractivity contribution < 1.29 is 19.0 Å². The summed E-state index contributed by atoms with van der Waals surface area (Å²) >= 11 is 18.1. The molecule has 0 saturated carbocycles. The average Bonchev–Trinajstić information content (AvgIpc) is 2.96. The van der Waals surface area contributed by atoms with Crippen LogP contribution in [0.25, 0.3) is 6.08 Å². The molecule has 0 aliphatic carbocycles. The zero-order valence-electron chi connectivity index (χ0n) is 21.3. The van der Waals surface area contributed by atoms with Gasteiger partial charge in [0.05, 0.1) is 5.92 Å². The maximum atomic E-state index is 12.4. The smallest absolute Gasteiger partial charge is 0.336 e. The molecule has 0 amide bonds. The first-order valence-corrected chi connectivity index (χ1v) is 13.5. The lowest BCUT2D eigenvalue weighted by atomic mass is 9.83. The number of rotatable bonds is 7. The highest BCUT2D eigenvalue weighted by atomic mass is 35.5. The van der Waals surface area contributed by atoms with E-state index in [-0.39, 0.29) is 23.8 Å². The van der Waals surface area contributed by atoms with Crippen molar-refractivity contribution in [2.24, 2.45) is 5.73 Å². The Morgan fingerprint density at radius 3 is 2.34 bits per heavy atom. The molecule has 9 heteroatoms. The Morgan fingerprint density at radius 2 is 1.63 bits per heavy atom. The highest BCUT2D eigenvalue weighted by molar-refractivity contribution is 6.35. The fourth-order valence-electron chi connectivity index (χ4n) is 4.29. The molecule has 0 aromatic heterocycles. The second-order valence-electron chi connectivity index (χ2n) is 9.02. The topological polar surface area (TPSA) is 94.6 Å². The lowest BCUT2D eigenvalue weighted by Crippen LogP contribution is -2.21. The van der Waals surface area contributed by atoms with E-state index in [0.717, 1.165) is 16.7 Å². The molecular weight excluding hydrogens is 583 g/mol. The molecule has 0 spiro atoms. The predicted octanol–water partition coefficient (Wildman–Crippen LogP) is 8.06. The number of nitrogens with two attached hydrogens (primary N) is 1. The number of nitrogens with zero attached hydrogens (tertiary/aromatic N) is 1. The van der Waals surface area contributed by atoms with E-state index in [9.17, 15) is 10.1 Å². The third-order valence-corrected chi connectivity index (χ3v) is 7.15. The van der Waals surface area contributed by atoms with E-state index in [2.05, 4.69) is 6.07 Å². The molecule has 0 fully saturated rings. The predicted molar refractivity (Wildman–Crippen MR) is 159 cm³/mol. The number of carbonyl (C=O) groups is 1. The minimum absolute atomic E-state index is 0.0196. The quantitative estimate of drug-likeness (QED) is 0.130. The van der Waals surface area contributed by atoms with E-state index in [1.165, 1.54) is 6.08 Å². The first-order chi connectivity index (χ1) is 19.8. The highest BCUT2D eigenvalue weighted by Gasteiger charge is 2.31. The number of carbonyl (C=O) groups excluding carboxylic acids is 1. The number of hydrogen-bond acceptors (Lipinski definition) is 6. The summed E-state index contributed by atoms with van der Waals surface area (Å²) in [5.74, 6) is 0.203. The molecule has 0 bridgehead atoms. The van der Waals surface area contributed by atoms with Gasteiger partial charge >= 0.3 is 5.97 Å². The normalized spacial score (nSPS) is 14.2. The van der Waals surface area contributed by atoms with Gasteiger partial charge in [0.15, 0.2) is 0 Å². The maximum absolute atomic E-state index is 12.4. The van der Waals surface area contributed by atoms with Crippen molar-refractivity contribution in [2.45, 2.75) is 12.5 Å². The molecule has 4 aromatic carbocycles. The molecule has 1 aliphatic heterocycles. The van der Waals surface area contributed by atoms with Gasteiger partial charge in [0.1, 0.15) is 35.5 Å². The maximum Gasteiger partial charge on any atom is 0.336 e. The van der Waals surface area contributed by atoms with E-state index in [1.54, 1.807) is 60.7 Å². The first kappa shape index (κ1) is 28.1. The first-order valence-electron chi connectivity index (χ1n) is 12.3. The van der Waals surface area contributed by atoms with E-state index in [4.69, 9.17) is 54.7 Å². The van der Waals surface area contributed by atoms with Crippen LogP contribution in [0.5, 0.6) is 17.2 Å². The van der Waals surface area contributed by atoms with Gasteiger partial charge in [-0.1, -0.05) is 71.2 Å². The van der Waals surface area contributed by atoms with Crippen molar-refractivity contribution in [3.05, 3.63) is 140 Å². The van der Waals surface area contributed by atoms with E-state index < -0.39 is 11.9 Å². The van der Waals surface area contributed by atoms with Gasteiger partial charge in [-0.05, 0) is 59.7 Å². The van der Waals surface area contributed by atoms with Crippen molar-refractivity contribution in [3.8, 4) is 23.3 Å².